The molecule has 1 aromatic heterocycles. The van der Waals surface area contributed by atoms with Gasteiger partial charge >= 0.3 is 0 Å². The molecule has 1 unspecified atom stereocenters. The second-order valence-electron chi connectivity index (χ2n) is 7.74. The molecule has 2 aromatic carbocycles. The molecule has 1 atom stereocenters. The standard InChI is InChI=1S/C25H24N2O4/c1-15-22-20(28)13-8-14-21(22)31-23(15)25(30)27-19-12-7-6-11-18(19)24(29)26-16(2)17-9-4-3-5-10-17/h3-7,9-12,16H,8,13-14H2,1-2H3,(H,26,29)(H,27,30). The van der Waals surface area contributed by atoms with Crippen molar-refractivity contribution >= 4 is 23.3 Å². The van der Waals surface area contributed by atoms with E-state index >= 15 is 0 Å². The first-order valence-corrected chi connectivity index (χ1v) is 10.4. The summed E-state index contributed by atoms with van der Waals surface area (Å²) in [6, 6.07) is 16.3. The van der Waals surface area contributed by atoms with Crippen LogP contribution in [0.4, 0.5) is 5.69 Å². The predicted molar refractivity (Wildman–Crippen MR) is 117 cm³/mol. The molecule has 31 heavy (non-hydrogen) atoms. The molecule has 2 N–H and O–H groups in total. The van der Waals surface area contributed by atoms with E-state index in [1.54, 1.807) is 31.2 Å². The van der Waals surface area contributed by atoms with Gasteiger partial charge in [0.15, 0.2) is 11.5 Å². The summed E-state index contributed by atoms with van der Waals surface area (Å²) in [4.78, 5) is 38.1. The van der Waals surface area contributed by atoms with Crippen molar-refractivity contribution < 1.29 is 18.8 Å². The van der Waals surface area contributed by atoms with Gasteiger partial charge in [0, 0.05) is 18.4 Å². The van der Waals surface area contributed by atoms with Crippen LogP contribution in [-0.4, -0.2) is 17.6 Å². The highest BCUT2D eigenvalue weighted by Gasteiger charge is 2.29. The highest BCUT2D eigenvalue weighted by atomic mass is 16.4. The number of hydrogen-bond acceptors (Lipinski definition) is 4. The Morgan fingerprint density at radius 1 is 0.968 bits per heavy atom. The molecule has 6 nitrogen and oxygen atoms in total. The van der Waals surface area contributed by atoms with Crippen LogP contribution in [0.3, 0.4) is 0 Å². The molecule has 0 spiro atoms. The lowest BCUT2D eigenvalue weighted by atomic mass is 9.94. The van der Waals surface area contributed by atoms with Crippen molar-refractivity contribution in [2.45, 2.75) is 39.2 Å². The summed E-state index contributed by atoms with van der Waals surface area (Å²) < 4.78 is 5.73. The molecule has 4 rings (SSSR count). The van der Waals surface area contributed by atoms with Gasteiger partial charge in [-0.15, -0.1) is 0 Å². The quantitative estimate of drug-likeness (QED) is 0.622. The van der Waals surface area contributed by atoms with E-state index in [2.05, 4.69) is 10.6 Å². The van der Waals surface area contributed by atoms with Crippen molar-refractivity contribution in [2.24, 2.45) is 0 Å². The van der Waals surface area contributed by atoms with Crippen molar-refractivity contribution in [3.63, 3.8) is 0 Å². The lowest BCUT2D eigenvalue weighted by Gasteiger charge is -2.16. The number of para-hydroxylation sites is 1. The topological polar surface area (TPSA) is 88.4 Å². The van der Waals surface area contributed by atoms with Crippen LogP contribution < -0.4 is 10.6 Å². The molecular formula is C25H24N2O4. The van der Waals surface area contributed by atoms with Gasteiger partial charge < -0.3 is 15.1 Å². The summed E-state index contributed by atoms with van der Waals surface area (Å²) in [5.41, 5.74) is 2.80. The Balaban J connectivity index is 1.55. The van der Waals surface area contributed by atoms with E-state index in [0.717, 1.165) is 12.0 Å². The third kappa shape index (κ3) is 4.14. The Labute approximate surface area is 180 Å². The number of anilines is 1. The van der Waals surface area contributed by atoms with Gasteiger partial charge in [-0.1, -0.05) is 42.5 Å². The van der Waals surface area contributed by atoms with Gasteiger partial charge in [-0.05, 0) is 38.0 Å². The maximum Gasteiger partial charge on any atom is 0.291 e. The van der Waals surface area contributed by atoms with Gasteiger partial charge in [-0.25, -0.2) is 0 Å². The van der Waals surface area contributed by atoms with Crippen LogP contribution in [0.5, 0.6) is 0 Å². The first-order chi connectivity index (χ1) is 15.0. The van der Waals surface area contributed by atoms with Gasteiger partial charge in [0.1, 0.15) is 5.76 Å². The average Bonchev–Trinajstić information content (AvgIpc) is 3.12. The summed E-state index contributed by atoms with van der Waals surface area (Å²) in [6.07, 6.45) is 1.84. The normalized spacial score (nSPS) is 13.9. The van der Waals surface area contributed by atoms with E-state index in [4.69, 9.17) is 4.42 Å². The smallest absolute Gasteiger partial charge is 0.291 e. The summed E-state index contributed by atoms with van der Waals surface area (Å²) in [7, 11) is 0. The molecule has 0 saturated heterocycles. The summed E-state index contributed by atoms with van der Waals surface area (Å²) in [6.45, 7) is 3.63. The molecule has 0 fully saturated rings. The average molecular weight is 416 g/mol. The lowest BCUT2D eigenvalue weighted by molar-refractivity contribution is 0.0938. The summed E-state index contributed by atoms with van der Waals surface area (Å²) in [5.74, 6) is -0.0695. The first kappa shape index (κ1) is 20.6. The lowest BCUT2D eigenvalue weighted by Crippen LogP contribution is -2.28. The second kappa shape index (κ2) is 8.60. The number of hydrogen-bond donors (Lipinski definition) is 2. The maximum atomic E-state index is 12.9. The van der Waals surface area contributed by atoms with Crippen LogP contribution >= 0.6 is 0 Å². The van der Waals surface area contributed by atoms with E-state index in [0.29, 0.717) is 41.0 Å². The van der Waals surface area contributed by atoms with E-state index in [1.807, 2.05) is 37.3 Å². The Morgan fingerprint density at radius 2 is 1.68 bits per heavy atom. The highest BCUT2D eigenvalue weighted by Crippen LogP contribution is 2.30. The fourth-order valence-electron chi connectivity index (χ4n) is 3.93. The molecule has 2 amide bonds. The molecule has 0 bridgehead atoms. The van der Waals surface area contributed by atoms with Gasteiger partial charge in [0.25, 0.3) is 11.8 Å². The number of ketones is 1. The van der Waals surface area contributed by atoms with Crippen LogP contribution in [0.25, 0.3) is 0 Å². The van der Waals surface area contributed by atoms with E-state index < -0.39 is 5.91 Å². The Hall–Kier alpha value is -3.67. The fourth-order valence-corrected chi connectivity index (χ4v) is 3.93. The minimum atomic E-state index is -0.476. The van der Waals surface area contributed by atoms with Gasteiger partial charge in [0.2, 0.25) is 0 Å². The zero-order chi connectivity index (χ0) is 22.0. The summed E-state index contributed by atoms with van der Waals surface area (Å²) in [5, 5.41) is 5.75. The molecular weight excluding hydrogens is 392 g/mol. The number of benzene rings is 2. The van der Waals surface area contributed by atoms with Crippen molar-refractivity contribution in [3.8, 4) is 0 Å². The zero-order valence-corrected chi connectivity index (χ0v) is 17.5. The number of nitrogens with one attached hydrogen (secondary N) is 2. The molecule has 0 aliphatic heterocycles. The van der Waals surface area contributed by atoms with Gasteiger partial charge in [-0.2, -0.15) is 0 Å². The number of rotatable bonds is 5. The van der Waals surface area contributed by atoms with Crippen LogP contribution in [-0.2, 0) is 6.42 Å². The van der Waals surface area contributed by atoms with Crippen molar-refractivity contribution in [2.75, 3.05) is 5.32 Å². The number of fused-ring (bicyclic) bond motifs is 1. The summed E-state index contributed by atoms with van der Waals surface area (Å²) >= 11 is 0. The fraction of sp³-hybridized carbons (Fsp3) is 0.240. The number of amides is 2. The maximum absolute atomic E-state index is 12.9. The van der Waals surface area contributed by atoms with Crippen LogP contribution in [0.2, 0.25) is 0 Å². The van der Waals surface area contributed by atoms with Crippen molar-refractivity contribution in [3.05, 3.63) is 88.4 Å². The molecule has 1 aliphatic carbocycles. The van der Waals surface area contributed by atoms with Crippen LogP contribution in [0.15, 0.2) is 59.0 Å². The SMILES string of the molecule is Cc1c(C(=O)Nc2ccccc2C(=O)NC(C)c2ccccc2)oc2c1C(=O)CCC2. The first-order valence-electron chi connectivity index (χ1n) is 10.4. The second-order valence-corrected chi connectivity index (χ2v) is 7.74. The zero-order valence-electron chi connectivity index (χ0n) is 17.5. The third-order valence-corrected chi connectivity index (χ3v) is 5.58. The molecule has 1 aliphatic rings. The van der Waals surface area contributed by atoms with Crippen molar-refractivity contribution in [1.82, 2.24) is 5.32 Å². The number of furan rings is 1. The highest BCUT2D eigenvalue weighted by molar-refractivity contribution is 6.10. The van der Waals surface area contributed by atoms with Crippen LogP contribution in [0, 0.1) is 6.92 Å². The number of carbonyl (C=O) groups excluding carboxylic acids is 3. The van der Waals surface area contributed by atoms with Crippen molar-refractivity contribution in [1.29, 1.82) is 0 Å². The Morgan fingerprint density at radius 3 is 2.42 bits per heavy atom. The number of Topliss-reactive ketones (excluding diaryl/α,β-unsaturated/α-hetero) is 1. The van der Waals surface area contributed by atoms with E-state index in [1.165, 1.54) is 0 Å². The number of carbonyl (C=O) groups is 3. The molecule has 158 valence electrons. The molecule has 6 heteroatoms. The van der Waals surface area contributed by atoms with Gasteiger partial charge in [-0.3, -0.25) is 14.4 Å². The van der Waals surface area contributed by atoms with Gasteiger partial charge in [0.05, 0.1) is 22.9 Å². The monoisotopic (exact) mass is 416 g/mol. The predicted octanol–water partition coefficient (Wildman–Crippen LogP) is 4.85. The Bertz CT molecular complexity index is 1150. The van der Waals surface area contributed by atoms with Crippen LogP contribution in [0.1, 0.15) is 74.0 Å². The minimum absolute atomic E-state index is 0.0104. The minimum Gasteiger partial charge on any atom is -0.455 e. The van der Waals surface area contributed by atoms with E-state index in [9.17, 15) is 14.4 Å². The Kier molecular flexibility index (Phi) is 5.71. The third-order valence-electron chi connectivity index (χ3n) is 5.58. The molecule has 1 heterocycles. The van der Waals surface area contributed by atoms with E-state index in [-0.39, 0.29) is 23.5 Å². The largest absolute Gasteiger partial charge is 0.455 e. The number of aryl methyl sites for hydroxylation is 1. The molecule has 3 aromatic rings. The molecule has 0 radical (unpaired) electrons. The molecule has 0 saturated carbocycles.